The van der Waals surface area contributed by atoms with Crippen LogP contribution in [0.4, 0.5) is 0 Å². The van der Waals surface area contributed by atoms with E-state index in [1.165, 1.54) is 45.2 Å². The molecular formula is C47H48O5. The molecule has 0 amide bonds. The lowest BCUT2D eigenvalue weighted by molar-refractivity contribution is 0.0642. The van der Waals surface area contributed by atoms with Gasteiger partial charge in [0.05, 0.1) is 27.9 Å². The van der Waals surface area contributed by atoms with Crippen LogP contribution < -0.4 is 23.7 Å². The molecule has 1 fully saturated rings. The van der Waals surface area contributed by atoms with Crippen molar-refractivity contribution in [3.63, 3.8) is 0 Å². The monoisotopic (exact) mass is 692 g/mol. The van der Waals surface area contributed by atoms with Gasteiger partial charge in [0.15, 0.2) is 17.1 Å². The summed E-state index contributed by atoms with van der Waals surface area (Å²) in [5.41, 5.74) is 9.11. The lowest BCUT2D eigenvalue weighted by atomic mass is 9.52. The van der Waals surface area contributed by atoms with Gasteiger partial charge < -0.3 is 23.7 Å². The Balaban J connectivity index is 1.42. The van der Waals surface area contributed by atoms with Crippen LogP contribution in [-0.2, 0) is 17.4 Å². The first-order valence-electron chi connectivity index (χ1n) is 18.7. The minimum Gasteiger partial charge on any atom is -0.497 e. The van der Waals surface area contributed by atoms with Gasteiger partial charge in [0.2, 0.25) is 0 Å². The zero-order valence-corrected chi connectivity index (χ0v) is 31.4. The van der Waals surface area contributed by atoms with Crippen LogP contribution in [0.1, 0.15) is 86.8 Å². The van der Waals surface area contributed by atoms with Crippen molar-refractivity contribution < 1.29 is 23.7 Å². The Bertz CT molecular complexity index is 2190. The summed E-state index contributed by atoms with van der Waals surface area (Å²) in [7, 11) is 5.15. The standard InChI is InChI=1S/C47H48O5/c1-44(2)26-45(3,4)28-46(27-44)37-13-9-8-11-33(37)40-39-34-12-10-24-51-43(34)38(50-7)25-36(39)42-35(41(40)46)22-23-47(52-42,29-14-18-31(48-5)19-15-29)30-16-20-32(49-6)21-17-30/h8-9,11,13-23,25H,10,12,24,26-28H2,1-7H3. The van der Waals surface area contributed by atoms with E-state index in [2.05, 4.69) is 94.4 Å². The third-order valence-electron chi connectivity index (χ3n) is 12.1. The SMILES string of the molecule is COc1ccc(C2(c3ccc(OC)cc3)C=Cc3c4c(c5c6c(c(OC)cc5c3O2)OCCC6)-c2ccccc2C42CC(C)(C)CC(C)(C)C2)cc1. The molecule has 2 aliphatic carbocycles. The van der Waals surface area contributed by atoms with E-state index in [0.717, 1.165) is 70.9 Å². The second kappa shape index (κ2) is 11.6. The number of ether oxygens (including phenoxy) is 5. The third kappa shape index (κ3) is 4.74. The molecule has 5 aromatic rings. The molecule has 5 aromatic carbocycles. The second-order valence-electron chi connectivity index (χ2n) is 16.9. The molecule has 2 aliphatic heterocycles. The highest BCUT2D eigenvalue weighted by Gasteiger charge is 2.56. The molecule has 0 saturated heterocycles. The van der Waals surface area contributed by atoms with E-state index >= 15 is 0 Å². The maximum absolute atomic E-state index is 7.74. The zero-order chi connectivity index (χ0) is 36.0. The Morgan fingerprint density at radius 1 is 0.692 bits per heavy atom. The highest BCUT2D eigenvalue weighted by atomic mass is 16.5. The molecule has 5 nitrogen and oxygen atoms in total. The van der Waals surface area contributed by atoms with Crippen LogP contribution in [0.3, 0.4) is 0 Å². The molecule has 0 bridgehead atoms. The van der Waals surface area contributed by atoms with Crippen LogP contribution in [-0.4, -0.2) is 27.9 Å². The normalized spacial score (nSPS) is 19.4. The van der Waals surface area contributed by atoms with Crippen molar-refractivity contribution in [1.82, 2.24) is 0 Å². The second-order valence-corrected chi connectivity index (χ2v) is 16.9. The van der Waals surface area contributed by atoms with Crippen LogP contribution in [0.5, 0.6) is 28.7 Å². The molecule has 1 spiro atoms. The molecule has 0 aromatic heterocycles. The number of hydrogen-bond acceptors (Lipinski definition) is 5. The first-order chi connectivity index (χ1) is 25.0. The van der Waals surface area contributed by atoms with Crippen LogP contribution in [0.25, 0.3) is 28.0 Å². The molecule has 266 valence electrons. The molecule has 1 saturated carbocycles. The predicted molar refractivity (Wildman–Crippen MR) is 208 cm³/mol. The molecule has 4 aliphatic rings. The first kappa shape index (κ1) is 33.0. The van der Waals surface area contributed by atoms with Crippen LogP contribution in [0.15, 0.2) is 84.9 Å². The summed E-state index contributed by atoms with van der Waals surface area (Å²) in [6.45, 7) is 10.6. The number of fused-ring (bicyclic) bond motifs is 12. The highest BCUT2D eigenvalue weighted by Crippen LogP contribution is 2.67. The summed E-state index contributed by atoms with van der Waals surface area (Å²) in [5.74, 6) is 4.12. The fraction of sp³-hybridized carbons (Fsp3) is 0.362. The van der Waals surface area contributed by atoms with Crippen LogP contribution in [0, 0.1) is 10.8 Å². The van der Waals surface area contributed by atoms with E-state index in [9.17, 15) is 0 Å². The average molecular weight is 693 g/mol. The van der Waals surface area contributed by atoms with Gasteiger partial charge in [-0.05, 0) is 102 Å². The summed E-state index contributed by atoms with van der Waals surface area (Å²) in [6.07, 6.45) is 9.83. The number of rotatable bonds is 5. The van der Waals surface area contributed by atoms with Gasteiger partial charge in [-0.2, -0.15) is 0 Å². The number of aryl methyl sites for hydroxylation is 1. The van der Waals surface area contributed by atoms with Gasteiger partial charge in [-0.1, -0.05) is 82.3 Å². The summed E-state index contributed by atoms with van der Waals surface area (Å²) >= 11 is 0. The Morgan fingerprint density at radius 3 is 1.94 bits per heavy atom. The van der Waals surface area contributed by atoms with E-state index in [0.29, 0.717) is 6.61 Å². The lowest BCUT2D eigenvalue weighted by Crippen LogP contribution is -2.44. The Hall–Kier alpha value is -4.90. The molecule has 2 heterocycles. The van der Waals surface area contributed by atoms with Gasteiger partial charge in [0.25, 0.3) is 0 Å². The number of benzene rings is 5. The summed E-state index contributed by atoms with van der Waals surface area (Å²) < 4.78 is 31.5. The largest absolute Gasteiger partial charge is 0.497 e. The smallest absolute Gasteiger partial charge is 0.178 e. The highest BCUT2D eigenvalue weighted by molar-refractivity contribution is 6.11. The summed E-state index contributed by atoms with van der Waals surface area (Å²) in [4.78, 5) is 0. The topological polar surface area (TPSA) is 46.2 Å². The number of methoxy groups -OCH3 is 3. The fourth-order valence-electron chi connectivity index (χ4n) is 11.0. The third-order valence-corrected chi connectivity index (χ3v) is 12.1. The maximum atomic E-state index is 7.74. The quantitative estimate of drug-likeness (QED) is 0.183. The van der Waals surface area contributed by atoms with Crippen molar-refractivity contribution in [2.75, 3.05) is 27.9 Å². The predicted octanol–water partition coefficient (Wildman–Crippen LogP) is 11.0. The van der Waals surface area contributed by atoms with Gasteiger partial charge in [-0.15, -0.1) is 0 Å². The Kier molecular flexibility index (Phi) is 7.32. The van der Waals surface area contributed by atoms with E-state index in [1.54, 1.807) is 21.3 Å². The van der Waals surface area contributed by atoms with Crippen LogP contribution >= 0.6 is 0 Å². The summed E-state index contributed by atoms with van der Waals surface area (Å²) in [5, 5.41) is 2.30. The Labute approximate surface area is 307 Å². The van der Waals surface area contributed by atoms with Gasteiger partial charge in [0, 0.05) is 38.4 Å². The minimum atomic E-state index is -0.921. The van der Waals surface area contributed by atoms with Gasteiger partial charge in [-0.3, -0.25) is 0 Å². The molecule has 0 atom stereocenters. The van der Waals surface area contributed by atoms with Crippen molar-refractivity contribution in [2.45, 2.75) is 70.8 Å². The van der Waals surface area contributed by atoms with E-state index in [1.807, 2.05) is 24.3 Å². The van der Waals surface area contributed by atoms with Crippen molar-refractivity contribution >= 4 is 16.8 Å². The van der Waals surface area contributed by atoms with Crippen LogP contribution in [0.2, 0.25) is 0 Å². The average Bonchev–Trinajstić information content (AvgIpc) is 3.41. The maximum Gasteiger partial charge on any atom is 0.178 e. The lowest BCUT2D eigenvalue weighted by Gasteiger charge is -2.52. The molecule has 0 unspecified atom stereocenters. The van der Waals surface area contributed by atoms with Gasteiger partial charge >= 0.3 is 0 Å². The Morgan fingerprint density at radius 2 is 1.33 bits per heavy atom. The summed E-state index contributed by atoms with van der Waals surface area (Å²) in [6, 6.07) is 27.9. The minimum absolute atomic E-state index is 0.135. The molecule has 0 N–H and O–H groups in total. The van der Waals surface area contributed by atoms with Crippen molar-refractivity contribution in [3.05, 3.63) is 118 Å². The fourth-order valence-corrected chi connectivity index (χ4v) is 11.0. The van der Waals surface area contributed by atoms with Gasteiger partial charge in [0.1, 0.15) is 17.2 Å². The van der Waals surface area contributed by atoms with Gasteiger partial charge in [-0.25, -0.2) is 0 Å². The molecule has 52 heavy (non-hydrogen) atoms. The molecule has 9 rings (SSSR count). The number of hydrogen-bond donors (Lipinski definition) is 0. The van der Waals surface area contributed by atoms with Crippen molar-refractivity contribution in [1.29, 1.82) is 0 Å². The first-order valence-corrected chi connectivity index (χ1v) is 18.7. The van der Waals surface area contributed by atoms with E-state index in [-0.39, 0.29) is 16.2 Å². The molecule has 5 heteroatoms. The van der Waals surface area contributed by atoms with Crippen molar-refractivity contribution in [2.24, 2.45) is 10.8 Å². The zero-order valence-electron chi connectivity index (χ0n) is 31.4. The van der Waals surface area contributed by atoms with E-state index in [4.69, 9.17) is 23.7 Å². The van der Waals surface area contributed by atoms with Crippen molar-refractivity contribution in [3.8, 4) is 39.9 Å². The van der Waals surface area contributed by atoms with E-state index < -0.39 is 5.60 Å². The molecular weight excluding hydrogens is 645 g/mol. The molecule has 0 radical (unpaired) electrons.